The van der Waals surface area contributed by atoms with E-state index in [0.29, 0.717) is 12.8 Å². The van der Waals surface area contributed by atoms with E-state index in [4.69, 9.17) is 4.55 Å². The monoisotopic (exact) mass is 376 g/mol. The second-order valence-electron chi connectivity index (χ2n) is 6.45. The van der Waals surface area contributed by atoms with Crippen LogP contribution < -0.4 is 4.90 Å². The van der Waals surface area contributed by atoms with Crippen LogP contribution in [0.5, 0.6) is 0 Å². The largest absolute Gasteiger partial charge is 0.375 e. The molecule has 0 atom stereocenters. The predicted molar refractivity (Wildman–Crippen MR) is 109 cm³/mol. The Morgan fingerprint density at radius 2 is 1.92 bits per heavy atom. The van der Waals surface area contributed by atoms with Crippen LogP contribution >= 0.6 is 0 Å². The number of unbranched alkanes of at least 4 members (excludes halogenated alkanes) is 1. The summed E-state index contributed by atoms with van der Waals surface area (Å²) in [6.45, 7) is 4.87. The lowest BCUT2D eigenvalue weighted by Gasteiger charge is -2.19. The maximum Gasteiger partial charge on any atom is 0.264 e. The topological polar surface area (TPSA) is 60.9 Å². The van der Waals surface area contributed by atoms with Gasteiger partial charge in [0.25, 0.3) is 10.1 Å². The second-order valence-corrected chi connectivity index (χ2v) is 8.02. The van der Waals surface area contributed by atoms with Gasteiger partial charge in [0.15, 0.2) is 0 Å². The molecule has 1 heterocycles. The molecule has 1 aromatic rings. The lowest BCUT2D eigenvalue weighted by Crippen LogP contribution is -2.19. The third-order valence-electron chi connectivity index (χ3n) is 4.39. The molecular weight excluding hydrogens is 348 g/mol. The van der Waals surface area contributed by atoms with Gasteiger partial charge in [0, 0.05) is 32.4 Å². The summed E-state index contributed by atoms with van der Waals surface area (Å²) in [5, 5.41) is 0. The number of hydrogen-bond donors (Lipinski definition) is 1. The molecule has 0 aromatic heterocycles. The van der Waals surface area contributed by atoms with Crippen molar-refractivity contribution >= 4 is 21.9 Å². The first-order valence-corrected chi connectivity index (χ1v) is 10.5. The van der Waals surface area contributed by atoms with Gasteiger partial charge in [-0.05, 0) is 55.3 Å². The fraction of sp³-hybridized carbons (Fsp3) is 0.400. The Hall–Kier alpha value is -2.05. The zero-order chi connectivity index (χ0) is 19.0. The van der Waals surface area contributed by atoms with Gasteiger partial charge in [-0.3, -0.25) is 4.55 Å². The highest BCUT2D eigenvalue weighted by Crippen LogP contribution is 2.17. The summed E-state index contributed by atoms with van der Waals surface area (Å²) in [6, 6.07) is 8.27. The average Bonchev–Trinajstić information content (AvgIpc) is 2.63. The summed E-state index contributed by atoms with van der Waals surface area (Å²) in [5.41, 5.74) is 3.44. The van der Waals surface area contributed by atoms with Gasteiger partial charge in [-0.15, -0.1) is 0 Å². The van der Waals surface area contributed by atoms with Gasteiger partial charge >= 0.3 is 0 Å². The van der Waals surface area contributed by atoms with Crippen LogP contribution in [-0.4, -0.2) is 50.3 Å². The van der Waals surface area contributed by atoms with Gasteiger partial charge < -0.3 is 9.80 Å². The molecule has 0 radical (unpaired) electrons. The predicted octanol–water partition coefficient (Wildman–Crippen LogP) is 3.58. The summed E-state index contributed by atoms with van der Waals surface area (Å²) in [6.07, 6.45) is 11.9. The first-order chi connectivity index (χ1) is 12.4. The average molecular weight is 377 g/mol. The molecule has 142 valence electrons. The molecule has 0 amide bonds. The molecule has 26 heavy (non-hydrogen) atoms. The first kappa shape index (κ1) is 20.3. The van der Waals surface area contributed by atoms with Crippen molar-refractivity contribution in [1.29, 1.82) is 0 Å². The van der Waals surface area contributed by atoms with E-state index in [1.165, 1.54) is 5.57 Å². The van der Waals surface area contributed by atoms with E-state index >= 15 is 0 Å². The highest BCUT2D eigenvalue weighted by atomic mass is 32.2. The Labute approximate surface area is 157 Å². The van der Waals surface area contributed by atoms with Crippen LogP contribution in [0.2, 0.25) is 0 Å². The first-order valence-electron chi connectivity index (χ1n) is 8.94. The van der Waals surface area contributed by atoms with Gasteiger partial charge in [-0.25, -0.2) is 0 Å². The zero-order valence-corrected chi connectivity index (χ0v) is 16.3. The number of allylic oxidation sites excluding steroid dienone is 3. The van der Waals surface area contributed by atoms with Gasteiger partial charge in [0.1, 0.15) is 0 Å². The molecule has 0 bridgehead atoms. The Bertz CT molecular complexity index is 765. The van der Waals surface area contributed by atoms with Crippen molar-refractivity contribution in [1.82, 2.24) is 4.90 Å². The second kappa shape index (κ2) is 9.59. The third kappa shape index (κ3) is 7.06. The van der Waals surface area contributed by atoms with Gasteiger partial charge in [0.05, 0.1) is 5.75 Å². The van der Waals surface area contributed by atoms with Crippen LogP contribution in [0.4, 0.5) is 5.69 Å². The van der Waals surface area contributed by atoms with Gasteiger partial charge in [-0.2, -0.15) is 8.42 Å². The maximum atomic E-state index is 10.7. The third-order valence-corrected chi connectivity index (χ3v) is 5.20. The number of nitrogens with zero attached hydrogens (tertiary/aromatic N) is 2. The molecule has 1 aromatic carbocycles. The molecule has 2 rings (SSSR count). The Balaban J connectivity index is 1.83. The van der Waals surface area contributed by atoms with Crippen LogP contribution in [-0.2, 0) is 10.1 Å². The molecule has 1 aliphatic heterocycles. The van der Waals surface area contributed by atoms with Gasteiger partial charge in [0.2, 0.25) is 0 Å². The van der Waals surface area contributed by atoms with Gasteiger partial charge in [-0.1, -0.05) is 30.4 Å². The van der Waals surface area contributed by atoms with Crippen LogP contribution in [0.3, 0.4) is 0 Å². The molecule has 0 aliphatic carbocycles. The van der Waals surface area contributed by atoms with Crippen LogP contribution in [0.1, 0.15) is 25.3 Å². The summed E-state index contributed by atoms with van der Waals surface area (Å²) in [5.74, 6) is -0.176. The highest BCUT2D eigenvalue weighted by molar-refractivity contribution is 7.85. The number of rotatable bonds is 9. The van der Waals surface area contributed by atoms with E-state index in [-0.39, 0.29) is 5.75 Å². The van der Waals surface area contributed by atoms with Crippen molar-refractivity contribution in [3.05, 3.63) is 59.8 Å². The molecule has 0 unspecified atom stereocenters. The SMILES string of the molecule is CCN1C=CC(/C=C/c2ccc(N(C)CCCCS(=O)(=O)O)cc2)=CC1. The lowest BCUT2D eigenvalue weighted by molar-refractivity contribution is 0.434. The summed E-state index contributed by atoms with van der Waals surface area (Å²) >= 11 is 0. The number of benzene rings is 1. The zero-order valence-electron chi connectivity index (χ0n) is 15.5. The van der Waals surface area contributed by atoms with Crippen molar-refractivity contribution in [3.8, 4) is 0 Å². The number of anilines is 1. The molecule has 0 spiro atoms. The van der Waals surface area contributed by atoms with Crippen molar-refractivity contribution in [3.63, 3.8) is 0 Å². The van der Waals surface area contributed by atoms with Crippen LogP contribution in [0.25, 0.3) is 6.08 Å². The highest BCUT2D eigenvalue weighted by Gasteiger charge is 2.05. The standard InChI is InChI=1S/C20H28N2O3S/c1-3-22-15-12-19(13-16-22)7-6-18-8-10-20(11-9-18)21(2)14-4-5-17-26(23,24)25/h6-13,15H,3-5,14,16-17H2,1-2H3,(H,23,24,25)/b7-6+. The van der Waals surface area contributed by atoms with Crippen molar-refractivity contribution in [2.45, 2.75) is 19.8 Å². The fourth-order valence-electron chi connectivity index (χ4n) is 2.70. The lowest BCUT2D eigenvalue weighted by atomic mass is 10.1. The molecule has 0 saturated carbocycles. The number of hydrogen-bond acceptors (Lipinski definition) is 4. The minimum atomic E-state index is -3.85. The summed E-state index contributed by atoms with van der Waals surface area (Å²) in [4.78, 5) is 4.33. The van der Waals surface area contributed by atoms with E-state index < -0.39 is 10.1 Å². The molecule has 1 aliphatic rings. The van der Waals surface area contributed by atoms with Crippen molar-refractivity contribution in [2.75, 3.05) is 37.3 Å². The minimum Gasteiger partial charge on any atom is -0.375 e. The quantitative estimate of drug-likeness (QED) is 0.527. The van der Waals surface area contributed by atoms with Crippen molar-refractivity contribution < 1.29 is 13.0 Å². The smallest absolute Gasteiger partial charge is 0.264 e. The Morgan fingerprint density at radius 1 is 1.19 bits per heavy atom. The maximum absolute atomic E-state index is 10.7. The Kier molecular flexibility index (Phi) is 7.48. The number of likely N-dealkylation sites (N-methyl/N-ethyl adjacent to an activating group) is 1. The minimum absolute atomic E-state index is 0.176. The summed E-state index contributed by atoms with van der Waals surface area (Å²) < 4.78 is 30.2. The molecule has 6 heteroatoms. The van der Waals surface area contributed by atoms with E-state index in [2.05, 4.69) is 71.5 Å². The van der Waals surface area contributed by atoms with Crippen LogP contribution in [0, 0.1) is 0 Å². The van der Waals surface area contributed by atoms with E-state index in [0.717, 1.165) is 30.9 Å². The molecular formula is C20H28N2O3S. The Morgan fingerprint density at radius 3 is 2.50 bits per heavy atom. The summed E-state index contributed by atoms with van der Waals surface area (Å²) in [7, 11) is -1.87. The molecule has 5 nitrogen and oxygen atoms in total. The van der Waals surface area contributed by atoms with Crippen LogP contribution in [0.15, 0.2) is 54.3 Å². The normalized spacial score (nSPS) is 14.7. The van der Waals surface area contributed by atoms with E-state index in [1.54, 1.807) is 0 Å². The molecule has 0 fully saturated rings. The van der Waals surface area contributed by atoms with E-state index in [1.807, 2.05) is 7.05 Å². The van der Waals surface area contributed by atoms with Crippen molar-refractivity contribution in [2.24, 2.45) is 0 Å². The fourth-order valence-corrected chi connectivity index (χ4v) is 3.26. The van der Waals surface area contributed by atoms with E-state index in [9.17, 15) is 8.42 Å². The molecule has 0 saturated heterocycles. The molecule has 1 N–H and O–H groups in total.